The molecule has 10 heteroatoms. The zero-order chi connectivity index (χ0) is 26.3. The van der Waals surface area contributed by atoms with E-state index in [1.165, 1.54) is 19.2 Å². The molecule has 2 aromatic carbocycles. The smallest absolute Gasteiger partial charge is 0.419 e. The van der Waals surface area contributed by atoms with Crippen LogP contribution in [0.4, 0.5) is 23.4 Å². The van der Waals surface area contributed by atoms with Crippen LogP contribution in [0, 0.1) is 18.2 Å². The maximum Gasteiger partial charge on any atom is 0.419 e. The molecule has 194 valence electrons. The highest BCUT2D eigenvalue weighted by Crippen LogP contribution is 2.51. The lowest BCUT2D eigenvalue weighted by molar-refractivity contribution is -0.140. The summed E-state index contributed by atoms with van der Waals surface area (Å²) in [4.78, 5) is 8.92. The Labute approximate surface area is 207 Å². The molecule has 1 aliphatic carbocycles. The van der Waals surface area contributed by atoms with Crippen molar-refractivity contribution in [3.63, 3.8) is 0 Å². The number of benzene rings is 2. The number of ether oxygens (including phenoxy) is 3. The van der Waals surface area contributed by atoms with E-state index in [1.807, 2.05) is 6.92 Å². The van der Waals surface area contributed by atoms with Crippen LogP contribution in [-0.4, -0.2) is 36.9 Å². The van der Waals surface area contributed by atoms with Crippen LogP contribution in [0.25, 0.3) is 10.9 Å². The third-order valence-electron chi connectivity index (χ3n) is 6.74. The highest BCUT2D eigenvalue weighted by Gasteiger charge is 2.49. The quantitative estimate of drug-likeness (QED) is 0.335. The number of rotatable bonds is 9. The molecule has 0 amide bonds. The fourth-order valence-electron chi connectivity index (χ4n) is 4.43. The Kier molecular flexibility index (Phi) is 7.01. The van der Waals surface area contributed by atoms with E-state index in [9.17, 15) is 17.6 Å². The molecule has 1 N–H and O–H groups in total. The maximum atomic E-state index is 14.8. The molecule has 36 heavy (non-hydrogen) atoms. The summed E-state index contributed by atoms with van der Waals surface area (Å²) in [5.41, 5.74) is -0.939. The van der Waals surface area contributed by atoms with Crippen molar-refractivity contribution in [1.82, 2.24) is 9.97 Å². The number of halogens is 4. The van der Waals surface area contributed by atoms with Gasteiger partial charge >= 0.3 is 6.18 Å². The van der Waals surface area contributed by atoms with Gasteiger partial charge in [0, 0.05) is 29.5 Å². The first kappa shape index (κ1) is 25.9. The average Bonchev–Trinajstić information content (AvgIpc) is 3.59. The van der Waals surface area contributed by atoms with E-state index in [0.717, 1.165) is 18.9 Å². The minimum atomic E-state index is -4.79. The second kappa shape index (κ2) is 9.72. The standard InChI is InChI=1S/C26H29F4N3O3/c1-14(17-7-6-8-19(23(17)27)26(28,29)30)31-24-18-11-22(36-15(2)25(9-10-25)13-34-4)21(35-5)12-20(18)32-16(3)33-24/h6-8,11-12,14-15H,9-10,13H2,1-5H3,(H,31,32,33)/t14-,15+/m1/s1. The second-order valence-electron chi connectivity index (χ2n) is 9.27. The van der Waals surface area contributed by atoms with E-state index >= 15 is 0 Å². The van der Waals surface area contributed by atoms with Crippen LogP contribution in [0.3, 0.4) is 0 Å². The third kappa shape index (κ3) is 5.04. The molecule has 1 aliphatic rings. The number of alkyl halides is 3. The Balaban J connectivity index is 1.71. The van der Waals surface area contributed by atoms with Crippen molar-refractivity contribution in [2.45, 2.75) is 51.9 Å². The monoisotopic (exact) mass is 507 g/mol. The topological polar surface area (TPSA) is 65.5 Å². The Hall–Kier alpha value is -3.14. The van der Waals surface area contributed by atoms with Gasteiger partial charge in [0.05, 0.1) is 30.8 Å². The number of methoxy groups -OCH3 is 2. The van der Waals surface area contributed by atoms with Crippen molar-refractivity contribution < 1.29 is 31.8 Å². The molecule has 2 atom stereocenters. The van der Waals surface area contributed by atoms with Crippen molar-refractivity contribution in [3.05, 3.63) is 53.1 Å². The maximum absolute atomic E-state index is 14.8. The van der Waals surface area contributed by atoms with E-state index in [-0.39, 0.29) is 17.1 Å². The van der Waals surface area contributed by atoms with E-state index in [1.54, 1.807) is 33.1 Å². The second-order valence-corrected chi connectivity index (χ2v) is 9.27. The molecule has 1 saturated carbocycles. The van der Waals surface area contributed by atoms with Crippen molar-refractivity contribution in [1.29, 1.82) is 0 Å². The molecule has 0 saturated heterocycles. The van der Waals surface area contributed by atoms with Gasteiger partial charge in [-0.1, -0.05) is 12.1 Å². The van der Waals surface area contributed by atoms with Gasteiger partial charge in [-0.25, -0.2) is 14.4 Å². The van der Waals surface area contributed by atoms with Crippen LogP contribution in [0.2, 0.25) is 0 Å². The highest BCUT2D eigenvalue weighted by molar-refractivity contribution is 5.92. The molecule has 3 aromatic rings. The zero-order valence-electron chi connectivity index (χ0n) is 20.8. The molecular weight excluding hydrogens is 478 g/mol. The zero-order valence-corrected chi connectivity index (χ0v) is 20.8. The van der Waals surface area contributed by atoms with Gasteiger partial charge in [-0.05, 0) is 45.7 Å². The summed E-state index contributed by atoms with van der Waals surface area (Å²) < 4.78 is 71.6. The van der Waals surface area contributed by atoms with Gasteiger partial charge in [0.1, 0.15) is 23.6 Å². The lowest BCUT2D eigenvalue weighted by atomic mass is 10.0. The van der Waals surface area contributed by atoms with Gasteiger partial charge in [0.25, 0.3) is 0 Å². The van der Waals surface area contributed by atoms with Gasteiger partial charge in [-0.15, -0.1) is 0 Å². The van der Waals surface area contributed by atoms with Gasteiger partial charge < -0.3 is 19.5 Å². The number of nitrogens with zero attached hydrogens (tertiary/aromatic N) is 2. The average molecular weight is 508 g/mol. The van der Waals surface area contributed by atoms with Crippen LogP contribution < -0.4 is 14.8 Å². The fraction of sp³-hybridized carbons (Fsp3) is 0.462. The van der Waals surface area contributed by atoms with Gasteiger partial charge in [-0.3, -0.25) is 0 Å². The van der Waals surface area contributed by atoms with Crippen LogP contribution in [-0.2, 0) is 10.9 Å². The predicted octanol–water partition coefficient (Wildman–Crippen LogP) is 6.47. The summed E-state index contributed by atoms with van der Waals surface area (Å²) in [7, 11) is 3.20. The molecular formula is C26H29F4N3O3. The largest absolute Gasteiger partial charge is 0.493 e. The first-order valence-corrected chi connectivity index (χ1v) is 11.6. The Morgan fingerprint density at radius 3 is 2.42 bits per heavy atom. The molecule has 6 nitrogen and oxygen atoms in total. The predicted molar refractivity (Wildman–Crippen MR) is 128 cm³/mol. The molecule has 1 fully saturated rings. The normalized spacial score (nSPS) is 16.5. The summed E-state index contributed by atoms with van der Waals surface area (Å²) in [5, 5.41) is 3.64. The van der Waals surface area contributed by atoms with Crippen molar-refractivity contribution in [3.8, 4) is 11.5 Å². The molecule has 0 aliphatic heterocycles. The lowest BCUT2D eigenvalue weighted by Crippen LogP contribution is -2.29. The summed E-state index contributed by atoms with van der Waals surface area (Å²) in [6.45, 7) is 5.84. The molecule has 4 rings (SSSR count). The first-order chi connectivity index (χ1) is 17.0. The fourth-order valence-corrected chi connectivity index (χ4v) is 4.43. The Morgan fingerprint density at radius 2 is 1.81 bits per heavy atom. The molecule has 1 aromatic heterocycles. The molecule has 1 heterocycles. The number of aryl methyl sites for hydroxylation is 1. The van der Waals surface area contributed by atoms with E-state index in [2.05, 4.69) is 15.3 Å². The van der Waals surface area contributed by atoms with Gasteiger partial charge in [-0.2, -0.15) is 13.2 Å². The number of hydrogen-bond donors (Lipinski definition) is 1. The summed E-state index contributed by atoms with van der Waals surface area (Å²) >= 11 is 0. The summed E-state index contributed by atoms with van der Waals surface area (Å²) in [6.07, 6.45) is -2.95. The summed E-state index contributed by atoms with van der Waals surface area (Å²) in [6, 6.07) is 5.89. The summed E-state index contributed by atoms with van der Waals surface area (Å²) in [5.74, 6) is 0.437. The van der Waals surface area contributed by atoms with Crippen molar-refractivity contribution in [2.75, 3.05) is 26.1 Å². The van der Waals surface area contributed by atoms with Crippen molar-refractivity contribution >= 4 is 16.7 Å². The number of aromatic nitrogens is 2. The SMILES string of the molecule is COCC1([C@H](C)Oc2cc3c(N[C@H](C)c4cccc(C(F)(F)F)c4F)nc(C)nc3cc2OC)CC1. The minimum absolute atomic E-state index is 0.0604. The van der Waals surface area contributed by atoms with Crippen LogP contribution in [0.15, 0.2) is 30.3 Å². The van der Waals surface area contributed by atoms with E-state index < -0.39 is 23.6 Å². The molecule has 0 bridgehead atoms. The number of anilines is 1. The number of hydrogen-bond acceptors (Lipinski definition) is 6. The van der Waals surface area contributed by atoms with Gasteiger partial charge in [0.15, 0.2) is 11.5 Å². The first-order valence-electron chi connectivity index (χ1n) is 11.6. The van der Waals surface area contributed by atoms with E-state index in [0.29, 0.717) is 40.7 Å². The molecule has 0 spiro atoms. The van der Waals surface area contributed by atoms with Crippen LogP contribution in [0.1, 0.15) is 49.7 Å². The number of fused-ring (bicyclic) bond motifs is 1. The minimum Gasteiger partial charge on any atom is -0.493 e. The lowest BCUT2D eigenvalue weighted by Gasteiger charge is -2.25. The van der Waals surface area contributed by atoms with Crippen LogP contribution in [0.5, 0.6) is 11.5 Å². The molecule has 0 unspecified atom stereocenters. The Bertz CT molecular complexity index is 1260. The third-order valence-corrected chi connectivity index (χ3v) is 6.74. The molecule has 0 radical (unpaired) electrons. The number of nitrogens with one attached hydrogen (secondary N) is 1. The van der Waals surface area contributed by atoms with Crippen LogP contribution >= 0.6 is 0 Å². The Morgan fingerprint density at radius 1 is 1.08 bits per heavy atom. The highest BCUT2D eigenvalue weighted by atomic mass is 19.4. The van der Waals surface area contributed by atoms with Gasteiger partial charge in [0.2, 0.25) is 0 Å². The van der Waals surface area contributed by atoms with Crippen molar-refractivity contribution in [2.24, 2.45) is 5.41 Å². The van der Waals surface area contributed by atoms with E-state index in [4.69, 9.17) is 14.2 Å².